The molecule has 6 aromatic heterocycles. The summed E-state index contributed by atoms with van der Waals surface area (Å²) >= 11 is 0. The maximum Gasteiger partial charge on any atom is 0.206 e. The summed E-state index contributed by atoms with van der Waals surface area (Å²) in [4.78, 5) is 29.2. The fraction of sp³-hybridized carbons (Fsp3) is 0. The van der Waals surface area contributed by atoms with Crippen molar-refractivity contribution in [2.45, 2.75) is 0 Å². The average Bonchev–Trinajstić information content (AvgIpc) is 1.22. The van der Waals surface area contributed by atoms with Crippen molar-refractivity contribution >= 4 is 133 Å². The van der Waals surface area contributed by atoms with Gasteiger partial charge < -0.3 is 9.13 Å². The normalized spacial score (nSPS) is 13.3. The first kappa shape index (κ1) is 49.5. The van der Waals surface area contributed by atoms with Gasteiger partial charge in [0.05, 0.1) is 22.8 Å². The minimum atomic E-state index is -3.84. The molecular weight excluding hydrogens is 1070 g/mol. The molecule has 2 atom stereocenters. The lowest BCUT2D eigenvalue weighted by Gasteiger charge is -2.24. The third-order valence-electron chi connectivity index (χ3n) is 16.6. The number of benzene rings is 10. The van der Waals surface area contributed by atoms with Crippen molar-refractivity contribution in [1.82, 2.24) is 29.9 Å². The molecule has 394 valence electrons. The molecule has 8 nitrogen and oxygen atoms in total. The first-order chi connectivity index (χ1) is 41.4. The monoisotopic (exact) mass is 1110 g/mol. The Morgan fingerprint density at radius 2 is 0.690 bits per heavy atom. The summed E-state index contributed by atoms with van der Waals surface area (Å²) in [7, 11) is -7.59. The van der Waals surface area contributed by atoms with E-state index in [1.54, 1.807) is 24.8 Å². The highest BCUT2D eigenvalue weighted by atomic mass is 31.2. The molecule has 0 amide bonds. The van der Waals surface area contributed by atoms with Crippen molar-refractivity contribution in [1.29, 1.82) is 0 Å². The van der Waals surface area contributed by atoms with E-state index in [2.05, 4.69) is 149 Å². The Morgan fingerprint density at radius 1 is 0.250 bits per heavy atom. The topological polar surface area (TPSA) is 111 Å². The van der Waals surface area contributed by atoms with Gasteiger partial charge in [0, 0.05) is 52.5 Å². The third-order valence-corrected chi connectivity index (χ3v) is 22.4. The predicted octanol–water partition coefficient (Wildman–Crippen LogP) is 15.6. The maximum absolute atomic E-state index is 17.1. The van der Waals surface area contributed by atoms with E-state index in [0.717, 1.165) is 91.9 Å². The van der Waals surface area contributed by atoms with Gasteiger partial charge in [0.1, 0.15) is 16.3 Å². The van der Waals surface area contributed by atoms with E-state index < -0.39 is 14.3 Å². The van der Waals surface area contributed by atoms with Crippen LogP contribution in [-0.4, -0.2) is 29.9 Å². The molecule has 0 bridgehead atoms. The number of pyridine rings is 6. The maximum atomic E-state index is 17.1. The zero-order chi connectivity index (χ0) is 55.9. The molecule has 16 rings (SSSR count). The lowest BCUT2D eigenvalue weighted by Crippen LogP contribution is -2.29. The predicted molar refractivity (Wildman–Crippen MR) is 348 cm³/mol. The van der Waals surface area contributed by atoms with E-state index in [-0.39, 0.29) is 0 Å². The molecule has 10 aromatic carbocycles. The zero-order valence-corrected chi connectivity index (χ0v) is 46.7. The SMILES string of the molecule is O=P(c1ccnc(-c2ccccn2)c1)(c1cccc(-c2ccccn2)n1)c1cc2c3ccccc3c3cc(-c4ccc(P(=O)(c5ccccn5)c5cc6c7ccccc7c7ccccc7c6c6ccccc56)nc4)ccc3c2c2ccccc12. The van der Waals surface area contributed by atoms with Gasteiger partial charge in [-0.3, -0.25) is 24.9 Å². The second-order valence-corrected chi connectivity index (χ2v) is 26.4. The van der Waals surface area contributed by atoms with Gasteiger partial charge >= 0.3 is 0 Å². The summed E-state index contributed by atoms with van der Waals surface area (Å²) in [5.41, 5.74) is 5.79. The van der Waals surface area contributed by atoms with Gasteiger partial charge in [-0.15, -0.1) is 0 Å². The molecule has 10 heteroatoms. The lowest BCUT2D eigenvalue weighted by atomic mass is 9.89. The molecule has 0 aliphatic carbocycles. The summed E-state index contributed by atoms with van der Waals surface area (Å²) in [6, 6.07) is 83.6. The number of hydrogen-bond donors (Lipinski definition) is 0. The summed E-state index contributed by atoms with van der Waals surface area (Å²) in [6.45, 7) is 0. The summed E-state index contributed by atoms with van der Waals surface area (Å²) in [6.07, 6.45) is 8.78. The van der Waals surface area contributed by atoms with E-state index in [9.17, 15) is 0 Å². The number of fused-ring (bicyclic) bond motifs is 16. The Hall–Kier alpha value is -10.4. The number of nitrogens with zero attached hydrogens (tertiary/aromatic N) is 6. The van der Waals surface area contributed by atoms with Crippen LogP contribution in [0.1, 0.15) is 0 Å². The fourth-order valence-corrected chi connectivity index (χ4v) is 18.2. The van der Waals surface area contributed by atoms with Crippen LogP contribution in [0.5, 0.6) is 0 Å². The quantitative estimate of drug-likeness (QED) is 0.104. The Balaban J connectivity index is 0.878. The molecule has 0 N–H and O–H groups in total. The van der Waals surface area contributed by atoms with Crippen LogP contribution >= 0.6 is 14.3 Å². The zero-order valence-electron chi connectivity index (χ0n) is 45.0. The second kappa shape index (κ2) is 19.7. The molecule has 0 aliphatic rings. The number of hydrogen-bond acceptors (Lipinski definition) is 8. The second-order valence-electron chi connectivity index (χ2n) is 21.1. The van der Waals surface area contributed by atoms with Crippen LogP contribution in [0.2, 0.25) is 0 Å². The molecule has 0 radical (unpaired) electrons. The molecule has 0 spiro atoms. The molecular formula is C74H46N6O2P2. The summed E-state index contributed by atoms with van der Waals surface area (Å²) in [5.74, 6) is 0. The molecule has 0 saturated heterocycles. The molecule has 0 fully saturated rings. The minimum absolute atomic E-state index is 0.437. The Kier molecular flexibility index (Phi) is 11.6. The van der Waals surface area contributed by atoms with Crippen molar-refractivity contribution < 1.29 is 9.13 Å². The van der Waals surface area contributed by atoms with Crippen LogP contribution in [-0.2, 0) is 9.13 Å². The highest BCUT2D eigenvalue weighted by molar-refractivity contribution is 7.86. The van der Waals surface area contributed by atoms with Gasteiger partial charge in [-0.25, -0.2) is 4.98 Å². The van der Waals surface area contributed by atoms with E-state index >= 15 is 9.13 Å². The highest BCUT2D eigenvalue weighted by Gasteiger charge is 2.37. The first-order valence-electron chi connectivity index (χ1n) is 27.9. The van der Waals surface area contributed by atoms with E-state index in [0.29, 0.717) is 55.0 Å². The average molecular weight is 1110 g/mol. The van der Waals surface area contributed by atoms with Crippen molar-refractivity contribution in [2.24, 2.45) is 0 Å². The van der Waals surface area contributed by atoms with Crippen molar-refractivity contribution in [3.05, 3.63) is 280 Å². The van der Waals surface area contributed by atoms with Gasteiger partial charge in [0.15, 0.2) is 7.14 Å². The van der Waals surface area contributed by atoms with Crippen LogP contribution in [0.25, 0.3) is 120 Å². The van der Waals surface area contributed by atoms with E-state index in [1.165, 1.54) is 5.39 Å². The Bertz CT molecular complexity index is 5370. The molecule has 0 saturated carbocycles. The van der Waals surface area contributed by atoms with Crippen molar-refractivity contribution in [3.8, 4) is 33.9 Å². The fourth-order valence-electron chi connectivity index (χ4n) is 12.8. The van der Waals surface area contributed by atoms with Crippen LogP contribution in [0.15, 0.2) is 280 Å². The van der Waals surface area contributed by atoms with Crippen molar-refractivity contribution in [2.75, 3.05) is 0 Å². The van der Waals surface area contributed by atoms with Crippen LogP contribution < -0.4 is 32.2 Å². The summed E-state index contributed by atoms with van der Waals surface area (Å²) in [5, 5.41) is 18.6. The number of rotatable bonds is 9. The summed E-state index contributed by atoms with van der Waals surface area (Å²) < 4.78 is 33.9. The molecule has 2 unspecified atom stereocenters. The first-order valence-corrected chi connectivity index (χ1v) is 31.3. The van der Waals surface area contributed by atoms with Gasteiger partial charge in [-0.2, -0.15) is 0 Å². The molecule has 84 heavy (non-hydrogen) atoms. The molecule has 16 aromatic rings. The number of aromatic nitrogens is 6. The van der Waals surface area contributed by atoms with Gasteiger partial charge in [-0.05, 0) is 177 Å². The Morgan fingerprint density at radius 3 is 1.26 bits per heavy atom. The van der Waals surface area contributed by atoms with E-state index in [4.69, 9.17) is 19.9 Å². The van der Waals surface area contributed by atoms with Gasteiger partial charge in [0.2, 0.25) is 7.14 Å². The van der Waals surface area contributed by atoms with Crippen LogP contribution in [0.4, 0.5) is 0 Å². The Labute approximate surface area is 482 Å². The molecule has 0 aliphatic heterocycles. The minimum Gasteiger partial charge on any atom is -0.307 e. The van der Waals surface area contributed by atoms with Crippen molar-refractivity contribution in [3.63, 3.8) is 0 Å². The highest BCUT2D eigenvalue weighted by Crippen LogP contribution is 2.50. The third kappa shape index (κ3) is 7.69. The van der Waals surface area contributed by atoms with Gasteiger partial charge in [-0.1, -0.05) is 164 Å². The molecule has 6 heterocycles. The largest absolute Gasteiger partial charge is 0.307 e. The smallest absolute Gasteiger partial charge is 0.206 e. The van der Waals surface area contributed by atoms with E-state index in [1.807, 2.05) is 115 Å². The van der Waals surface area contributed by atoms with Gasteiger partial charge in [0.25, 0.3) is 0 Å². The van der Waals surface area contributed by atoms with Crippen LogP contribution in [0, 0.1) is 0 Å². The lowest BCUT2D eigenvalue weighted by molar-refractivity contribution is 0.591. The van der Waals surface area contributed by atoms with Crippen LogP contribution in [0.3, 0.4) is 0 Å². The standard InChI is InChI=1S/C74H46N6O2P2/c81-83(49-37-41-77-67(43-49)65-29-12-15-39-76-65,72-32-17-30-66(80-72)64-28-11-14-38-75-64)68-44-62-54-22-4-2-20-52(54)61-42-47(33-35-60(61)74(62)58-26-9-6-23-55(58)68)48-34-36-71(79-46-48)84(82,70-31-13-16-40-78-70)69-45-63-53-21-3-1-18-50(53)51-19-5-8-25-57(51)73(63)59-27-10-7-24-56(59)69/h1-46H.